The number of carbonyl (C=O) groups excluding carboxylic acids is 2. The van der Waals surface area contributed by atoms with Crippen LogP contribution in [0.3, 0.4) is 0 Å². The van der Waals surface area contributed by atoms with Gasteiger partial charge in [0.15, 0.2) is 0 Å². The molecule has 0 spiro atoms. The number of rotatable bonds is 6. The molecule has 3 rings (SSSR count). The molecule has 0 unspecified atom stereocenters. The van der Waals surface area contributed by atoms with Crippen LogP contribution in [0.2, 0.25) is 0 Å². The Bertz CT molecular complexity index is 1050. The number of carbonyl (C=O) groups is 2. The number of thiazole rings is 1. The molecule has 150 valence electrons. The summed E-state index contributed by atoms with van der Waals surface area (Å²) in [6, 6.07) is 9.22. The van der Waals surface area contributed by atoms with E-state index in [0.717, 1.165) is 33.8 Å². The Balaban J connectivity index is 1.54. The zero-order valence-corrected chi connectivity index (χ0v) is 16.7. The van der Waals surface area contributed by atoms with Gasteiger partial charge in [-0.15, -0.1) is 11.3 Å². The van der Waals surface area contributed by atoms with E-state index in [4.69, 9.17) is 0 Å². The summed E-state index contributed by atoms with van der Waals surface area (Å²) in [7, 11) is 0. The molecule has 29 heavy (non-hydrogen) atoms. The second-order valence-corrected chi connectivity index (χ2v) is 7.32. The molecule has 1 heterocycles. The molecular formula is C21H19F2N3O2S. The van der Waals surface area contributed by atoms with Gasteiger partial charge in [0.25, 0.3) is 11.8 Å². The minimum atomic E-state index is -0.937. The third-order valence-electron chi connectivity index (χ3n) is 4.24. The lowest BCUT2D eigenvalue weighted by molar-refractivity contribution is 0.0921. The first-order chi connectivity index (χ1) is 13.9. The first-order valence-electron chi connectivity index (χ1n) is 8.90. The van der Waals surface area contributed by atoms with Gasteiger partial charge in [0, 0.05) is 24.0 Å². The maximum Gasteiger partial charge on any atom is 0.270 e. The molecule has 0 bridgehead atoms. The van der Waals surface area contributed by atoms with Crippen molar-refractivity contribution in [3.63, 3.8) is 0 Å². The molecular weight excluding hydrogens is 396 g/mol. The van der Waals surface area contributed by atoms with Gasteiger partial charge in [-0.3, -0.25) is 9.59 Å². The third-order valence-corrected chi connectivity index (χ3v) is 5.11. The van der Waals surface area contributed by atoms with Crippen LogP contribution in [0, 0.1) is 25.5 Å². The average Bonchev–Trinajstić information content (AvgIpc) is 3.15. The van der Waals surface area contributed by atoms with Gasteiger partial charge in [-0.05, 0) is 31.5 Å². The van der Waals surface area contributed by atoms with Gasteiger partial charge < -0.3 is 10.6 Å². The number of aromatic nitrogens is 1. The van der Waals surface area contributed by atoms with Crippen LogP contribution in [0.5, 0.6) is 0 Å². The fourth-order valence-corrected chi connectivity index (χ4v) is 3.69. The second-order valence-electron chi connectivity index (χ2n) is 6.46. The molecule has 2 amide bonds. The molecule has 0 fully saturated rings. The highest BCUT2D eigenvalue weighted by Gasteiger charge is 2.17. The SMILES string of the molecule is Cc1ccc(-c2nc(C(=O)NCCNC(=O)c3c(F)cccc3F)cs2)c(C)c1. The van der Waals surface area contributed by atoms with Crippen molar-refractivity contribution >= 4 is 23.2 Å². The maximum absolute atomic E-state index is 13.6. The van der Waals surface area contributed by atoms with E-state index in [1.807, 2.05) is 26.0 Å². The Kier molecular flexibility index (Phi) is 6.33. The highest BCUT2D eigenvalue weighted by molar-refractivity contribution is 7.13. The van der Waals surface area contributed by atoms with Crippen molar-refractivity contribution < 1.29 is 18.4 Å². The summed E-state index contributed by atoms with van der Waals surface area (Å²) in [5, 5.41) is 7.42. The number of benzene rings is 2. The Morgan fingerprint density at radius 2 is 1.66 bits per heavy atom. The van der Waals surface area contributed by atoms with Crippen molar-refractivity contribution in [2.45, 2.75) is 13.8 Å². The topological polar surface area (TPSA) is 71.1 Å². The number of hydrogen-bond acceptors (Lipinski definition) is 4. The van der Waals surface area contributed by atoms with E-state index in [2.05, 4.69) is 21.7 Å². The van der Waals surface area contributed by atoms with Crippen molar-refractivity contribution in [2.24, 2.45) is 0 Å². The molecule has 5 nitrogen and oxygen atoms in total. The van der Waals surface area contributed by atoms with Gasteiger partial charge in [0.1, 0.15) is 27.9 Å². The molecule has 0 atom stereocenters. The summed E-state index contributed by atoms with van der Waals surface area (Å²) in [5.41, 5.74) is 2.83. The molecule has 0 aliphatic carbocycles. The van der Waals surface area contributed by atoms with Gasteiger partial charge >= 0.3 is 0 Å². The predicted octanol–water partition coefficient (Wildman–Crippen LogP) is 3.86. The monoisotopic (exact) mass is 415 g/mol. The zero-order chi connectivity index (χ0) is 21.0. The van der Waals surface area contributed by atoms with Gasteiger partial charge in [0.2, 0.25) is 0 Å². The van der Waals surface area contributed by atoms with Crippen LogP contribution in [0.4, 0.5) is 8.78 Å². The number of halogens is 2. The first kappa shape index (κ1) is 20.6. The summed E-state index contributed by atoms with van der Waals surface area (Å²) in [5.74, 6) is -3.13. The lowest BCUT2D eigenvalue weighted by atomic mass is 10.1. The van der Waals surface area contributed by atoms with Crippen LogP contribution in [0.25, 0.3) is 10.6 Å². The van der Waals surface area contributed by atoms with Crippen molar-refractivity contribution in [2.75, 3.05) is 13.1 Å². The summed E-state index contributed by atoms with van der Waals surface area (Å²) in [6.07, 6.45) is 0. The van der Waals surface area contributed by atoms with Crippen LogP contribution in [-0.4, -0.2) is 29.9 Å². The molecule has 1 aromatic heterocycles. The van der Waals surface area contributed by atoms with Gasteiger partial charge in [-0.2, -0.15) is 0 Å². The highest BCUT2D eigenvalue weighted by atomic mass is 32.1. The quantitative estimate of drug-likeness (QED) is 0.601. The van der Waals surface area contributed by atoms with Crippen molar-refractivity contribution in [1.29, 1.82) is 0 Å². The largest absolute Gasteiger partial charge is 0.350 e. The van der Waals surface area contributed by atoms with E-state index in [-0.39, 0.29) is 24.7 Å². The van der Waals surface area contributed by atoms with Crippen LogP contribution >= 0.6 is 11.3 Å². The van der Waals surface area contributed by atoms with E-state index >= 15 is 0 Å². The highest BCUT2D eigenvalue weighted by Crippen LogP contribution is 2.27. The van der Waals surface area contributed by atoms with Gasteiger partial charge in [-0.25, -0.2) is 13.8 Å². The van der Waals surface area contributed by atoms with E-state index in [9.17, 15) is 18.4 Å². The molecule has 0 aliphatic rings. The second kappa shape index (κ2) is 8.91. The van der Waals surface area contributed by atoms with E-state index in [0.29, 0.717) is 0 Å². The maximum atomic E-state index is 13.6. The van der Waals surface area contributed by atoms with Crippen LogP contribution in [-0.2, 0) is 0 Å². The molecule has 2 N–H and O–H groups in total. The lowest BCUT2D eigenvalue weighted by Crippen LogP contribution is -2.35. The minimum Gasteiger partial charge on any atom is -0.350 e. The first-order valence-corrected chi connectivity index (χ1v) is 9.78. The van der Waals surface area contributed by atoms with E-state index in [1.165, 1.54) is 17.4 Å². The molecule has 0 radical (unpaired) electrons. The Labute approximate surface area is 170 Å². The summed E-state index contributed by atoms with van der Waals surface area (Å²) < 4.78 is 27.1. The summed E-state index contributed by atoms with van der Waals surface area (Å²) >= 11 is 1.37. The molecule has 0 aliphatic heterocycles. The number of hydrogen-bond donors (Lipinski definition) is 2. The van der Waals surface area contributed by atoms with Crippen LogP contribution in [0.15, 0.2) is 41.8 Å². The predicted molar refractivity (Wildman–Crippen MR) is 108 cm³/mol. The smallest absolute Gasteiger partial charge is 0.270 e. The third kappa shape index (κ3) is 4.83. The average molecular weight is 415 g/mol. The Hall–Kier alpha value is -3.13. The Morgan fingerprint density at radius 1 is 1.00 bits per heavy atom. The molecule has 3 aromatic rings. The van der Waals surface area contributed by atoms with Gasteiger partial charge in [-0.1, -0.05) is 29.8 Å². The lowest BCUT2D eigenvalue weighted by Gasteiger charge is -2.07. The minimum absolute atomic E-state index is 0.0203. The van der Waals surface area contributed by atoms with Crippen molar-refractivity contribution in [3.8, 4) is 10.6 Å². The molecule has 0 saturated carbocycles. The van der Waals surface area contributed by atoms with E-state index < -0.39 is 23.1 Å². The van der Waals surface area contributed by atoms with Crippen molar-refractivity contribution in [3.05, 3.63) is 75.8 Å². The molecule has 0 saturated heterocycles. The molecule has 8 heteroatoms. The summed E-state index contributed by atoms with van der Waals surface area (Å²) in [4.78, 5) is 28.5. The number of nitrogens with zero attached hydrogens (tertiary/aromatic N) is 1. The van der Waals surface area contributed by atoms with E-state index in [1.54, 1.807) is 5.38 Å². The Morgan fingerprint density at radius 3 is 2.31 bits per heavy atom. The van der Waals surface area contributed by atoms with Crippen LogP contribution < -0.4 is 10.6 Å². The fraction of sp³-hybridized carbons (Fsp3) is 0.190. The number of amides is 2. The van der Waals surface area contributed by atoms with Crippen LogP contribution in [0.1, 0.15) is 32.0 Å². The summed E-state index contributed by atoms with van der Waals surface area (Å²) in [6.45, 7) is 4.12. The zero-order valence-electron chi connectivity index (χ0n) is 15.9. The number of nitrogens with one attached hydrogen (secondary N) is 2. The standard InChI is InChI=1S/C21H19F2N3O2S/c1-12-6-7-14(13(2)10-12)21-26-17(11-29-21)19(27)24-8-9-25-20(28)18-15(22)4-3-5-16(18)23/h3-7,10-11H,8-9H2,1-2H3,(H,24,27)(H,25,28). The van der Waals surface area contributed by atoms with Crippen molar-refractivity contribution in [1.82, 2.24) is 15.6 Å². The fourth-order valence-electron chi connectivity index (χ4n) is 2.80. The van der Waals surface area contributed by atoms with Gasteiger partial charge in [0.05, 0.1) is 0 Å². The number of aryl methyl sites for hydroxylation is 2. The normalized spacial score (nSPS) is 10.6. The molecule has 2 aromatic carbocycles.